The fraction of sp³-hybridized carbons (Fsp3) is 0.207. The van der Waals surface area contributed by atoms with Gasteiger partial charge in [0.1, 0.15) is 17.3 Å². The molecule has 12 heteroatoms. The first-order valence-electron chi connectivity index (χ1n) is 12.6. The number of nitrogens with two attached hydrogens (primary N) is 1. The van der Waals surface area contributed by atoms with Crippen LogP contribution in [-0.2, 0) is 6.54 Å². The molecule has 10 nitrogen and oxygen atoms in total. The van der Waals surface area contributed by atoms with Crippen LogP contribution in [0.25, 0.3) is 4.85 Å². The first kappa shape index (κ1) is 27.3. The molecule has 2 heterocycles. The van der Waals surface area contributed by atoms with Gasteiger partial charge in [0.25, 0.3) is 0 Å². The van der Waals surface area contributed by atoms with Crippen molar-refractivity contribution in [3.63, 3.8) is 0 Å². The van der Waals surface area contributed by atoms with E-state index in [-0.39, 0.29) is 29.8 Å². The van der Waals surface area contributed by atoms with E-state index in [1.807, 2.05) is 12.1 Å². The van der Waals surface area contributed by atoms with Crippen LogP contribution in [0, 0.1) is 18.2 Å². The molecule has 0 spiro atoms. The highest BCUT2D eigenvalue weighted by atomic mass is 19.1. The number of rotatable bonds is 9. The van der Waals surface area contributed by atoms with Crippen molar-refractivity contribution in [1.29, 1.82) is 0 Å². The molecule has 0 saturated carbocycles. The van der Waals surface area contributed by atoms with E-state index in [0.29, 0.717) is 47.1 Å². The highest BCUT2D eigenvalue weighted by Crippen LogP contribution is 2.38. The van der Waals surface area contributed by atoms with Crippen molar-refractivity contribution in [3.8, 4) is 17.2 Å². The predicted molar refractivity (Wildman–Crippen MR) is 152 cm³/mol. The van der Waals surface area contributed by atoms with Crippen LogP contribution in [0.3, 0.4) is 0 Å². The van der Waals surface area contributed by atoms with Crippen LogP contribution in [0.2, 0.25) is 0 Å². The number of nitrogens with zero attached hydrogens (tertiary/aromatic N) is 3. The smallest absolute Gasteiger partial charge is 0.229 e. The third-order valence-electron chi connectivity index (χ3n) is 6.54. The maximum absolute atomic E-state index is 14.3. The molecule has 0 radical (unpaired) electrons. The van der Waals surface area contributed by atoms with Gasteiger partial charge in [-0.15, -0.1) is 0 Å². The minimum atomic E-state index is -0.767. The quantitative estimate of drug-likeness (QED) is 0.178. The van der Waals surface area contributed by atoms with Crippen molar-refractivity contribution in [3.05, 3.63) is 88.9 Å². The fourth-order valence-corrected chi connectivity index (χ4v) is 4.48. The Bertz CT molecular complexity index is 1630. The predicted octanol–water partition coefficient (Wildman–Crippen LogP) is 6.20. The van der Waals surface area contributed by atoms with E-state index in [9.17, 15) is 8.78 Å². The van der Waals surface area contributed by atoms with Crippen molar-refractivity contribution in [2.45, 2.75) is 19.0 Å². The third kappa shape index (κ3) is 5.99. The molecule has 0 saturated heterocycles. The first-order chi connectivity index (χ1) is 19.9. The molecule has 0 fully saturated rings. The molecule has 1 unspecified atom stereocenters. The summed E-state index contributed by atoms with van der Waals surface area (Å²) in [6.07, 6.45) is 1.87. The number of methoxy groups -OCH3 is 2. The lowest BCUT2D eigenvalue weighted by Crippen LogP contribution is -2.22. The number of benzene rings is 3. The molecular formula is C29H27F2N7O3. The molecular weight excluding hydrogens is 532 g/mol. The summed E-state index contributed by atoms with van der Waals surface area (Å²) in [6, 6.07) is 12.2. The van der Waals surface area contributed by atoms with Gasteiger partial charge >= 0.3 is 0 Å². The molecule has 0 amide bonds. The number of ether oxygens (including phenoxy) is 3. The second-order valence-electron chi connectivity index (χ2n) is 9.14. The first-order valence-corrected chi connectivity index (χ1v) is 12.6. The number of hydrogen-bond acceptors (Lipinski definition) is 9. The van der Waals surface area contributed by atoms with Gasteiger partial charge in [0.2, 0.25) is 5.95 Å². The summed E-state index contributed by atoms with van der Waals surface area (Å²) >= 11 is 0. The number of aromatic nitrogens is 2. The van der Waals surface area contributed by atoms with Crippen LogP contribution in [-0.4, -0.2) is 30.8 Å². The number of hydrogen-bond donors (Lipinski definition) is 4. The summed E-state index contributed by atoms with van der Waals surface area (Å²) < 4.78 is 44.5. The van der Waals surface area contributed by atoms with Crippen molar-refractivity contribution < 1.29 is 23.0 Å². The Labute approximate surface area is 235 Å². The van der Waals surface area contributed by atoms with E-state index < -0.39 is 17.7 Å². The molecule has 0 aliphatic carbocycles. The number of nitrogens with one attached hydrogen (secondary N) is 3. The molecule has 1 aromatic heterocycles. The number of fused-ring (bicyclic) bond motifs is 1. The van der Waals surface area contributed by atoms with E-state index in [1.165, 1.54) is 12.3 Å². The van der Waals surface area contributed by atoms with Gasteiger partial charge in [-0.3, -0.25) is 0 Å². The van der Waals surface area contributed by atoms with E-state index in [4.69, 9.17) is 26.5 Å². The molecule has 1 atom stereocenters. The zero-order valence-electron chi connectivity index (χ0n) is 22.3. The maximum atomic E-state index is 14.3. The third-order valence-corrected chi connectivity index (χ3v) is 6.54. The monoisotopic (exact) mass is 559 g/mol. The minimum absolute atomic E-state index is 0.00120. The standard InChI is InChI=1S/C29H27F2N7O3/c1-33-18-5-7-24(34-14-16-4-6-19(39-2)13-26(16)40-3)25(12-18)37-29-35-15-22(32)28(38-29)36-23-8-9-41-27-20(23)10-17(30)11-21(27)31/h4-7,10-13,15,23,34H,8-9,14,32H2,2-3H3,(H2,35,36,37,38). The summed E-state index contributed by atoms with van der Waals surface area (Å²) in [5.74, 6) is 0.353. The lowest BCUT2D eigenvalue weighted by molar-refractivity contribution is 0.259. The molecule has 3 aromatic carbocycles. The van der Waals surface area contributed by atoms with Gasteiger partial charge in [-0.25, -0.2) is 18.6 Å². The molecule has 41 heavy (non-hydrogen) atoms. The topological polar surface area (TPSA) is 120 Å². The van der Waals surface area contributed by atoms with E-state index in [1.54, 1.807) is 38.5 Å². The average molecular weight is 560 g/mol. The Morgan fingerprint density at radius 3 is 2.73 bits per heavy atom. The van der Waals surface area contributed by atoms with Crippen LogP contribution in [0.15, 0.2) is 54.7 Å². The Morgan fingerprint density at radius 1 is 1.10 bits per heavy atom. The normalized spacial score (nSPS) is 13.8. The van der Waals surface area contributed by atoms with Crippen LogP contribution in [0.1, 0.15) is 23.6 Å². The van der Waals surface area contributed by atoms with Gasteiger partial charge < -0.3 is 35.9 Å². The number of halogens is 2. The minimum Gasteiger partial charge on any atom is -0.497 e. The van der Waals surface area contributed by atoms with E-state index >= 15 is 0 Å². The summed E-state index contributed by atoms with van der Waals surface area (Å²) in [5.41, 5.74) is 9.29. The molecule has 210 valence electrons. The Hall–Kier alpha value is -5.31. The highest BCUT2D eigenvalue weighted by Gasteiger charge is 2.26. The summed E-state index contributed by atoms with van der Waals surface area (Å²) in [7, 11) is 3.18. The summed E-state index contributed by atoms with van der Waals surface area (Å²) in [4.78, 5) is 12.3. The molecule has 4 aromatic rings. The second kappa shape index (κ2) is 11.8. The number of anilines is 5. The average Bonchev–Trinajstić information content (AvgIpc) is 2.98. The van der Waals surface area contributed by atoms with Crippen LogP contribution >= 0.6 is 0 Å². The fourth-order valence-electron chi connectivity index (χ4n) is 4.48. The van der Waals surface area contributed by atoms with E-state index in [0.717, 1.165) is 11.6 Å². The van der Waals surface area contributed by atoms with E-state index in [2.05, 4.69) is 30.8 Å². The number of nitrogen functional groups attached to an aromatic ring is 1. The molecule has 0 bridgehead atoms. The lowest BCUT2D eigenvalue weighted by Gasteiger charge is -2.27. The molecule has 5 N–H and O–H groups in total. The van der Waals surface area contributed by atoms with Gasteiger partial charge in [-0.05, 0) is 30.3 Å². The SMILES string of the molecule is [C-]#[N+]c1ccc(NCc2ccc(OC)cc2OC)c(Nc2ncc(N)c(NC3CCOc4c(F)cc(F)cc43)n2)c1. The molecule has 1 aliphatic rings. The van der Waals surface area contributed by atoms with Crippen molar-refractivity contribution in [1.82, 2.24) is 9.97 Å². The maximum Gasteiger partial charge on any atom is 0.229 e. The Balaban J connectivity index is 1.39. The van der Waals surface area contributed by atoms with Crippen molar-refractivity contribution in [2.24, 2.45) is 0 Å². The van der Waals surface area contributed by atoms with Gasteiger partial charge in [0, 0.05) is 36.2 Å². The zero-order chi connectivity index (χ0) is 28.9. The van der Waals surface area contributed by atoms with Crippen molar-refractivity contribution >= 4 is 34.5 Å². The van der Waals surface area contributed by atoms with Crippen molar-refractivity contribution in [2.75, 3.05) is 42.5 Å². The van der Waals surface area contributed by atoms with Gasteiger partial charge in [-0.1, -0.05) is 6.07 Å². The van der Waals surface area contributed by atoms with Crippen LogP contribution < -0.4 is 35.9 Å². The highest BCUT2D eigenvalue weighted by molar-refractivity contribution is 5.77. The van der Waals surface area contributed by atoms with Gasteiger partial charge in [-0.2, -0.15) is 4.98 Å². The Morgan fingerprint density at radius 2 is 1.95 bits per heavy atom. The second-order valence-corrected chi connectivity index (χ2v) is 9.14. The lowest BCUT2D eigenvalue weighted by atomic mass is 10.00. The zero-order valence-corrected chi connectivity index (χ0v) is 22.3. The Kier molecular flexibility index (Phi) is 7.87. The molecule has 5 rings (SSSR count). The van der Waals surface area contributed by atoms with Crippen LogP contribution in [0.4, 0.5) is 43.3 Å². The largest absolute Gasteiger partial charge is 0.497 e. The molecule has 1 aliphatic heterocycles. The van der Waals surface area contributed by atoms with Gasteiger partial charge in [0.15, 0.2) is 23.1 Å². The van der Waals surface area contributed by atoms with Gasteiger partial charge in [0.05, 0.1) is 56.7 Å². The summed E-state index contributed by atoms with van der Waals surface area (Å²) in [6.45, 7) is 8.10. The van der Waals surface area contributed by atoms with Crippen LogP contribution in [0.5, 0.6) is 17.2 Å². The summed E-state index contributed by atoms with van der Waals surface area (Å²) in [5, 5.41) is 9.69.